The Balaban J connectivity index is 1.67. The molecular weight excluding hydrogens is 387 g/mol. The van der Waals surface area contributed by atoms with Crippen molar-refractivity contribution in [3.8, 4) is 11.5 Å². The average molecular weight is 404 g/mol. The summed E-state index contributed by atoms with van der Waals surface area (Å²) in [6, 6.07) is 11.2. The fraction of sp³-hybridized carbons (Fsp3) is 0.263. The minimum Gasteiger partial charge on any atom is -0.493 e. The SMILES string of the molecule is COc1ccc(C2SC[C@H]3C(=O)N(c4ccc(F)cc4)C(=S)N23)cc1OC. The van der Waals surface area contributed by atoms with E-state index in [0.717, 1.165) is 5.56 Å². The van der Waals surface area contributed by atoms with Crippen LogP contribution in [-0.4, -0.2) is 41.9 Å². The molecule has 2 aromatic carbocycles. The Labute approximate surface area is 166 Å². The van der Waals surface area contributed by atoms with Crippen molar-refractivity contribution in [3.63, 3.8) is 0 Å². The molecule has 8 heteroatoms. The van der Waals surface area contributed by atoms with E-state index in [0.29, 0.717) is 28.1 Å². The molecule has 0 bridgehead atoms. The molecule has 0 N–H and O–H groups in total. The molecule has 1 unspecified atom stereocenters. The van der Waals surface area contributed by atoms with Gasteiger partial charge in [0.05, 0.1) is 19.9 Å². The van der Waals surface area contributed by atoms with Crippen LogP contribution in [-0.2, 0) is 4.79 Å². The lowest BCUT2D eigenvalue weighted by atomic mass is 10.1. The second-order valence-electron chi connectivity index (χ2n) is 6.16. The van der Waals surface area contributed by atoms with Crippen LogP contribution in [0, 0.1) is 5.82 Å². The van der Waals surface area contributed by atoms with Crippen molar-refractivity contribution in [1.29, 1.82) is 0 Å². The van der Waals surface area contributed by atoms with Gasteiger partial charge >= 0.3 is 0 Å². The third-order valence-electron chi connectivity index (χ3n) is 4.70. The van der Waals surface area contributed by atoms with Gasteiger partial charge in [0.2, 0.25) is 0 Å². The maximum absolute atomic E-state index is 13.2. The van der Waals surface area contributed by atoms with Gasteiger partial charge in [-0.1, -0.05) is 6.07 Å². The highest BCUT2D eigenvalue weighted by Crippen LogP contribution is 2.47. The van der Waals surface area contributed by atoms with Crippen molar-refractivity contribution < 1.29 is 18.7 Å². The molecule has 2 atom stereocenters. The number of carbonyl (C=O) groups is 1. The van der Waals surface area contributed by atoms with E-state index in [2.05, 4.69) is 0 Å². The molecule has 2 saturated heterocycles. The van der Waals surface area contributed by atoms with E-state index in [1.807, 2.05) is 23.1 Å². The minimum absolute atomic E-state index is 0.0814. The second kappa shape index (κ2) is 7.01. The summed E-state index contributed by atoms with van der Waals surface area (Å²) in [6.07, 6.45) is 0. The van der Waals surface area contributed by atoms with Gasteiger partial charge in [0, 0.05) is 5.75 Å². The van der Waals surface area contributed by atoms with E-state index in [1.54, 1.807) is 38.1 Å². The number of amides is 1. The quantitative estimate of drug-likeness (QED) is 0.726. The number of fused-ring (bicyclic) bond motifs is 1. The van der Waals surface area contributed by atoms with Crippen molar-refractivity contribution in [3.05, 3.63) is 53.8 Å². The maximum atomic E-state index is 13.2. The van der Waals surface area contributed by atoms with Gasteiger partial charge in [0.15, 0.2) is 16.6 Å². The van der Waals surface area contributed by atoms with Crippen molar-refractivity contribution in [1.82, 2.24) is 4.90 Å². The zero-order chi connectivity index (χ0) is 19.1. The fourth-order valence-corrected chi connectivity index (χ4v) is 5.29. The lowest BCUT2D eigenvalue weighted by Crippen LogP contribution is -2.33. The standard InChI is InChI=1S/C19H17FN2O3S2/c1-24-15-8-3-11(9-16(15)25-2)18-22-14(10-27-18)17(23)21(19(22)26)13-6-4-12(20)5-7-13/h3-9,14,18H,10H2,1-2H3/t14-,18?/m0/s1. The number of hydrogen-bond acceptors (Lipinski definition) is 5. The van der Waals surface area contributed by atoms with Crippen LogP contribution in [0.5, 0.6) is 11.5 Å². The van der Waals surface area contributed by atoms with Gasteiger partial charge in [0.25, 0.3) is 5.91 Å². The summed E-state index contributed by atoms with van der Waals surface area (Å²) in [7, 11) is 3.18. The monoisotopic (exact) mass is 404 g/mol. The number of rotatable bonds is 4. The van der Waals surface area contributed by atoms with E-state index in [9.17, 15) is 9.18 Å². The Bertz CT molecular complexity index is 906. The van der Waals surface area contributed by atoms with Crippen LogP contribution in [0.25, 0.3) is 0 Å². The number of anilines is 1. The number of thioether (sulfide) groups is 1. The molecule has 0 aromatic heterocycles. The Kier molecular flexibility index (Phi) is 4.69. The first-order valence-electron chi connectivity index (χ1n) is 8.30. The molecule has 0 radical (unpaired) electrons. The average Bonchev–Trinajstić information content (AvgIpc) is 3.23. The van der Waals surface area contributed by atoms with Gasteiger partial charge in [-0.25, -0.2) is 4.39 Å². The summed E-state index contributed by atoms with van der Waals surface area (Å²) >= 11 is 7.29. The topological polar surface area (TPSA) is 42.0 Å². The number of halogens is 1. The number of ether oxygens (including phenoxy) is 2. The third kappa shape index (κ3) is 2.93. The zero-order valence-corrected chi connectivity index (χ0v) is 16.3. The Morgan fingerprint density at radius 3 is 2.48 bits per heavy atom. The van der Waals surface area contributed by atoms with Gasteiger partial charge in [0.1, 0.15) is 17.2 Å². The summed E-state index contributed by atoms with van der Waals surface area (Å²) in [5.74, 6) is 1.48. The predicted octanol–water partition coefficient (Wildman–Crippen LogP) is 3.59. The van der Waals surface area contributed by atoms with E-state index in [4.69, 9.17) is 21.7 Å². The van der Waals surface area contributed by atoms with Crippen molar-refractivity contribution in [2.45, 2.75) is 11.4 Å². The van der Waals surface area contributed by atoms with E-state index in [-0.39, 0.29) is 23.1 Å². The van der Waals surface area contributed by atoms with Crippen LogP contribution in [0.4, 0.5) is 10.1 Å². The van der Waals surface area contributed by atoms with E-state index in [1.165, 1.54) is 17.0 Å². The van der Waals surface area contributed by atoms with Gasteiger partial charge in [-0.2, -0.15) is 0 Å². The molecule has 2 aliphatic heterocycles. The molecular formula is C19H17FN2O3S2. The number of hydrogen-bond donors (Lipinski definition) is 0. The van der Waals surface area contributed by atoms with Crippen LogP contribution in [0.1, 0.15) is 10.9 Å². The molecule has 2 aromatic rings. The first-order valence-corrected chi connectivity index (χ1v) is 9.76. The normalized spacial score (nSPS) is 21.6. The van der Waals surface area contributed by atoms with Crippen LogP contribution in [0.15, 0.2) is 42.5 Å². The summed E-state index contributed by atoms with van der Waals surface area (Å²) in [6.45, 7) is 0. The molecule has 2 fully saturated rings. The maximum Gasteiger partial charge on any atom is 0.257 e. The van der Waals surface area contributed by atoms with Gasteiger partial charge in [-0.05, 0) is 54.2 Å². The summed E-state index contributed by atoms with van der Waals surface area (Å²) in [5, 5.41) is 0.332. The number of carbonyl (C=O) groups excluding carboxylic acids is 1. The largest absolute Gasteiger partial charge is 0.493 e. The number of methoxy groups -OCH3 is 2. The van der Waals surface area contributed by atoms with Crippen LogP contribution < -0.4 is 14.4 Å². The van der Waals surface area contributed by atoms with E-state index >= 15 is 0 Å². The van der Waals surface area contributed by atoms with Crippen LogP contribution in [0.3, 0.4) is 0 Å². The Hall–Kier alpha value is -2.32. The van der Waals surface area contributed by atoms with Crippen LogP contribution >= 0.6 is 24.0 Å². The third-order valence-corrected chi connectivity index (χ3v) is 6.41. The smallest absolute Gasteiger partial charge is 0.257 e. The minimum atomic E-state index is -0.351. The van der Waals surface area contributed by atoms with Gasteiger partial charge in [-0.3, -0.25) is 9.69 Å². The lowest BCUT2D eigenvalue weighted by Gasteiger charge is -2.26. The van der Waals surface area contributed by atoms with Gasteiger partial charge in [-0.15, -0.1) is 11.8 Å². The second-order valence-corrected chi connectivity index (χ2v) is 7.63. The molecule has 5 nitrogen and oxygen atoms in total. The molecule has 2 aliphatic rings. The molecule has 0 saturated carbocycles. The molecule has 27 heavy (non-hydrogen) atoms. The van der Waals surface area contributed by atoms with Crippen molar-refractivity contribution in [2.24, 2.45) is 0 Å². The molecule has 0 spiro atoms. The number of thiocarbonyl (C=S) groups is 1. The summed E-state index contributed by atoms with van der Waals surface area (Å²) < 4.78 is 23.9. The molecule has 1 amide bonds. The highest BCUT2D eigenvalue weighted by molar-refractivity contribution is 7.99. The Morgan fingerprint density at radius 2 is 1.81 bits per heavy atom. The molecule has 0 aliphatic carbocycles. The van der Waals surface area contributed by atoms with Gasteiger partial charge < -0.3 is 14.4 Å². The lowest BCUT2D eigenvalue weighted by molar-refractivity contribution is -0.119. The fourth-order valence-electron chi connectivity index (χ4n) is 3.38. The number of nitrogens with zero attached hydrogens (tertiary/aromatic N) is 2. The summed E-state index contributed by atoms with van der Waals surface area (Å²) in [5.41, 5.74) is 1.56. The molecule has 140 valence electrons. The molecule has 2 heterocycles. The van der Waals surface area contributed by atoms with Crippen molar-refractivity contribution in [2.75, 3.05) is 24.9 Å². The number of benzene rings is 2. The molecule has 4 rings (SSSR count). The predicted molar refractivity (Wildman–Crippen MR) is 107 cm³/mol. The highest BCUT2D eigenvalue weighted by Gasteiger charge is 2.50. The first-order chi connectivity index (χ1) is 13.0. The van der Waals surface area contributed by atoms with E-state index < -0.39 is 0 Å². The highest BCUT2D eigenvalue weighted by atomic mass is 32.2. The zero-order valence-electron chi connectivity index (χ0n) is 14.7. The first kappa shape index (κ1) is 18.1. The van der Waals surface area contributed by atoms with Crippen LogP contribution in [0.2, 0.25) is 0 Å². The Morgan fingerprint density at radius 1 is 1.11 bits per heavy atom. The summed E-state index contributed by atoms with van der Waals surface area (Å²) in [4.78, 5) is 16.4. The van der Waals surface area contributed by atoms with Crippen molar-refractivity contribution >= 4 is 40.7 Å².